The number of nitriles is 1. The van der Waals surface area contributed by atoms with Crippen molar-refractivity contribution in [1.82, 2.24) is 4.72 Å². The van der Waals surface area contributed by atoms with Gasteiger partial charge in [-0.3, -0.25) is 0 Å². The smallest absolute Gasteiger partial charge is 0.211 e. The first kappa shape index (κ1) is 11.5. The van der Waals surface area contributed by atoms with Crippen molar-refractivity contribution in [3.05, 3.63) is 0 Å². The van der Waals surface area contributed by atoms with E-state index in [-0.39, 0.29) is 5.54 Å². The zero-order valence-electron chi connectivity index (χ0n) is 8.58. The van der Waals surface area contributed by atoms with Gasteiger partial charge in [0.15, 0.2) is 5.25 Å². The number of sulfonamides is 1. The van der Waals surface area contributed by atoms with Crippen LogP contribution in [-0.2, 0) is 10.0 Å². The summed E-state index contributed by atoms with van der Waals surface area (Å²) in [4.78, 5) is 0. The van der Waals surface area contributed by atoms with E-state index in [1.165, 1.54) is 6.92 Å². The molecule has 0 bridgehead atoms. The quantitative estimate of drug-likeness (QED) is 0.766. The number of nitrogens with zero attached hydrogens (tertiary/aromatic N) is 1. The molecule has 1 fully saturated rings. The lowest BCUT2D eigenvalue weighted by atomic mass is 9.76. The van der Waals surface area contributed by atoms with Crippen molar-refractivity contribution < 1.29 is 8.42 Å². The van der Waals surface area contributed by atoms with Gasteiger partial charge in [0.1, 0.15) is 0 Å². The Balaban J connectivity index is 2.73. The van der Waals surface area contributed by atoms with Gasteiger partial charge in [-0.2, -0.15) is 5.26 Å². The first-order valence-corrected chi connectivity index (χ1v) is 6.43. The number of hydrogen-bond donors (Lipinski definition) is 1. The molecule has 0 spiro atoms. The standard InChI is InChI=1S/C9H16N2O2S/c1-3-9(5-4-6-9)11-14(12,13)8(2)7-10/h8,11H,3-6H2,1-2H3. The molecule has 0 aromatic carbocycles. The van der Waals surface area contributed by atoms with E-state index in [9.17, 15) is 8.42 Å². The van der Waals surface area contributed by atoms with Gasteiger partial charge in [0.05, 0.1) is 6.07 Å². The Labute approximate surface area is 85.4 Å². The summed E-state index contributed by atoms with van der Waals surface area (Å²) in [5, 5.41) is 7.60. The van der Waals surface area contributed by atoms with Crippen LogP contribution in [0.4, 0.5) is 0 Å². The Kier molecular flexibility index (Phi) is 3.17. The molecule has 1 rings (SSSR count). The molecule has 5 heteroatoms. The van der Waals surface area contributed by atoms with Crippen molar-refractivity contribution in [1.29, 1.82) is 5.26 Å². The van der Waals surface area contributed by atoms with Gasteiger partial charge in [-0.1, -0.05) is 6.92 Å². The Bertz CT molecular complexity index is 333. The molecular weight excluding hydrogens is 200 g/mol. The fourth-order valence-electron chi connectivity index (χ4n) is 1.59. The Morgan fingerprint density at radius 2 is 2.14 bits per heavy atom. The van der Waals surface area contributed by atoms with Gasteiger partial charge >= 0.3 is 0 Å². The number of hydrogen-bond acceptors (Lipinski definition) is 3. The van der Waals surface area contributed by atoms with E-state index < -0.39 is 15.3 Å². The Morgan fingerprint density at radius 1 is 1.57 bits per heavy atom. The fourth-order valence-corrected chi connectivity index (χ4v) is 2.86. The van der Waals surface area contributed by atoms with Crippen LogP contribution >= 0.6 is 0 Å². The third-order valence-corrected chi connectivity index (χ3v) is 4.75. The van der Waals surface area contributed by atoms with Crippen LogP contribution in [0.25, 0.3) is 0 Å². The van der Waals surface area contributed by atoms with Crippen LogP contribution in [0, 0.1) is 11.3 Å². The molecule has 1 aliphatic carbocycles. The maximum absolute atomic E-state index is 11.6. The highest BCUT2D eigenvalue weighted by Gasteiger charge is 2.40. The second-order valence-electron chi connectivity index (χ2n) is 3.91. The maximum Gasteiger partial charge on any atom is 0.228 e. The molecule has 0 saturated heterocycles. The van der Waals surface area contributed by atoms with Crippen molar-refractivity contribution in [3.63, 3.8) is 0 Å². The highest BCUT2D eigenvalue weighted by molar-refractivity contribution is 7.90. The van der Waals surface area contributed by atoms with Crippen molar-refractivity contribution in [2.24, 2.45) is 0 Å². The highest BCUT2D eigenvalue weighted by atomic mass is 32.2. The second kappa shape index (κ2) is 3.87. The van der Waals surface area contributed by atoms with E-state index in [2.05, 4.69) is 4.72 Å². The summed E-state index contributed by atoms with van der Waals surface area (Å²) in [6.07, 6.45) is 3.64. The van der Waals surface area contributed by atoms with E-state index in [1.807, 2.05) is 6.92 Å². The lowest BCUT2D eigenvalue weighted by Gasteiger charge is -2.41. The average molecular weight is 216 g/mol. The molecule has 1 atom stereocenters. The highest BCUT2D eigenvalue weighted by Crippen LogP contribution is 2.35. The number of nitrogens with one attached hydrogen (secondary N) is 1. The Hall–Kier alpha value is -0.600. The van der Waals surface area contributed by atoms with Crippen LogP contribution in [0.2, 0.25) is 0 Å². The van der Waals surface area contributed by atoms with Gasteiger partial charge < -0.3 is 0 Å². The van der Waals surface area contributed by atoms with E-state index in [4.69, 9.17) is 5.26 Å². The topological polar surface area (TPSA) is 70.0 Å². The maximum atomic E-state index is 11.6. The van der Waals surface area contributed by atoms with Crippen molar-refractivity contribution in [2.75, 3.05) is 0 Å². The summed E-state index contributed by atoms with van der Waals surface area (Å²) >= 11 is 0. The van der Waals surface area contributed by atoms with Gasteiger partial charge in [0.25, 0.3) is 0 Å². The normalized spacial score (nSPS) is 22.1. The van der Waals surface area contributed by atoms with Gasteiger partial charge in [-0.05, 0) is 32.6 Å². The third-order valence-electron chi connectivity index (χ3n) is 2.99. The predicted octanol–water partition coefficient (Wildman–Crippen LogP) is 1.15. The van der Waals surface area contributed by atoms with E-state index in [1.54, 1.807) is 6.07 Å². The molecule has 1 aliphatic rings. The molecule has 80 valence electrons. The molecule has 0 radical (unpaired) electrons. The lowest BCUT2D eigenvalue weighted by Crippen LogP contribution is -2.54. The van der Waals surface area contributed by atoms with Crippen molar-refractivity contribution in [2.45, 2.75) is 50.3 Å². The molecule has 1 unspecified atom stereocenters. The zero-order chi connectivity index (χ0) is 10.8. The molecule has 0 aliphatic heterocycles. The van der Waals surface area contributed by atoms with Gasteiger partial charge in [0.2, 0.25) is 10.0 Å². The van der Waals surface area contributed by atoms with E-state index in [0.29, 0.717) is 0 Å². The van der Waals surface area contributed by atoms with Crippen molar-refractivity contribution in [3.8, 4) is 6.07 Å². The summed E-state index contributed by atoms with van der Waals surface area (Å²) in [5.74, 6) is 0. The van der Waals surface area contributed by atoms with Gasteiger partial charge in [0, 0.05) is 5.54 Å². The van der Waals surface area contributed by atoms with Gasteiger partial charge in [-0.25, -0.2) is 13.1 Å². The molecule has 1 N–H and O–H groups in total. The molecule has 0 aromatic heterocycles. The molecular formula is C9H16N2O2S. The van der Waals surface area contributed by atoms with Crippen LogP contribution in [0.1, 0.15) is 39.5 Å². The number of rotatable bonds is 4. The average Bonchev–Trinajstić information content (AvgIpc) is 2.10. The largest absolute Gasteiger partial charge is 0.228 e. The Morgan fingerprint density at radius 3 is 2.43 bits per heavy atom. The van der Waals surface area contributed by atoms with Crippen LogP contribution in [-0.4, -0.2) is 19.2 Å². The van der Waals surface area contributed by atoms with Crippen LogP contribution in [0.5, 0.6) is 0 Å². The van der Waals surface area contributed by atoms with Crippen LogP contribution < -0.4 is 4.72 Å². The van der Waals surface area contributed by atoms with Crippen LogP contribution in [0.15, 0.2) is 0 Å². The molecule has 1 saturated carbocycles. The first-order valence-electron chi connectivity index (χ1n) is 4.88. The van der Waals surface area contributed by atoms with Gasteiger partial charge in [-0.15, -0.1) is 0 Å². The summed E-state index contributed by atoms with van der Waals surface area (Å²) in [6.45, 7) is 3.38. The second-order valence-corrected chi connectivity index (χ2v) is 5.91. The molecule has 14 heavy (non-hydrogen) atoms. The SMILES string of the molecule is CCC1(NS(=O)(=O)C(C)C#N)CCC1. The summed E-state index contributed by atoms with van der Waals surface area (Å²) < 4.78 is 25.8. The van der Waals surface area contributed by atoms with E-state index >= 15 is 0 Å². The minimum atomic E-state index is -3.45. The minimum absolute atomic E-state index is 0.260. The monoisotopic (exact) mass is 216 g/mol. The molecule has 4 nitrogen and oxygen atoms in total. The lowest BCUT2D eigenvalue weighted by molar-refractivity contribution is 0.213. The summed E-state index contributed by atoms with van der Waals surface area (Å²) in [6, 6.07) is 1.75. The van der Waals surface area contributed by atoms with E-state index in [0.717, 1.165) is 25.7 Å². The summed E-state index contributed by atoms with van der Waals surface area (Å²) in [5.41, 5.74) is -0.260. The zero-order valence-corrected chi connectivity index (χ0v) is 9.39. The third kappa shape index (κ3) is 2.07. The van der Waals surface area contributed by atoms with Crippen LogP contribution in [0.3, 0.4) is 0 Å². The molecule has 0 amide bonds. The summed E-state index contributed by atoms with van der Waals surface area (Å²) in [7, 11) is -3.45. The van der Waals surface area contributed by atoms with Crippen molar-refractivity contribution >= 4 is 10.0 Å². The first-order chi connectivity index (χ1) is 6.46. The molecule has 0 heterocycles. The molecule has 0 aromatic rings. The fraction of sp³-hybridized carbons (Fsp3) is 0.889. The minimum Gasteiger partial charge on any atom is -0.211 e. The predicted molar refractivity (Wildman–Crippen MR) is 54.0 cm³/mol.